The highest BCUT2D eigenvalue weighted by molar-refractivity contribution is 7.14. The molecule has 2 atom stereocenters. The van der Waals surface area contributed by atoms with Gasteiger partial charge in [-0.1, -0.05) is 23.5 Å². The second-order valence-electron chi connectivity index (χ2n) is 6.83. The molecule has 0 aliphatic carbocycles. The van der Waals surface area contributed by atoms with Crippen LogP contribution in [0.1, 0.15) is 11.4 Å². The Morgan fingerprint density at radius 1 is 1.31 bits per heavy atom. The summed E-state index contributed by atoms with van der Waals surface area (Å²) >= 11 is 1.57. The number of hydrogen-bond acceptors (Lipinski definition) is 6. The Hall–Kier alpha value is -2.58. The number of piperazine rings is 1. The number of hydrogen-bond donors (Lipinski definition) is 2. The Kier molecular flexibility index (Phi) is 3.61. The first kappa shape index (κ1) is 15.7. The van der Waals surface area contributed by atoms with Gasteiger partial charge in [0, 0.05) is 42.3 Å². The quantitative estimate of drug-likeness (QED) is 0.728. The molecule has 8 heteroatoms. The Balaban J connectivity index is 1.40. The van der Waals surface area contributed by atoms with E-state index in [0.29, 0.717) is 17.9 Å². The van der Waals surface area contributed by atoms with E-state index >= 15 is 0 Å². The van der Waals surface area contributed by atoms with Gasteiger partial charge in [0.2, 0.25) is 0 Å². The largest absolute Gasteiger partial charge is 0.323 e. The monoisotopic (exact) mass is 366 g/mol. The van der Waals surface area contributed by atoms with Crippen LogP contribution in [0.3, 0.4) is 0 Å². The molecule has 5 rings (SSSR count). The highest BCUT2D eigenvalue weighted by Gasteiger charge is 2.40. The van der Waals surface area contributed by atoms with Crippen LogP contribution in [0.15, 0.2) is 30.5 Å². The molecule has 2 fully saturated rings. The van der Waals surface area contributed by atoms with Crippen molar-refractivity contribution in [1.29, 1.82) is 0 Å². The summed E-state index contributed by atoms with van der Waals surface area (Å²) < 4.78 is 0. The third-order valence-electron chi connectivity index (χ3n) is 5.05. The fraction of sp³-hybridized carbons (Fsp3) is 0.333. The Morgan fingerprint density at radius 3 is 2.96 bits per heavy atom. The number of pyridine rings is 1. The normalized spacial score (nSPS) is 21.5. The first-order valence-corrected chi connectivity index (χ1v) is 9.49. The minimum absolute atomic E-state index is 0.0678. The first-order valence-electron chi connectivity index (χ1n) is 8.67. The van der Waals surface area contributed by atoms with E-state index in [0.717, 1.165) is 45.9 Å². The summed E-state index contributed by atoms with van der Waals surface area (Å²) in [6, 6.07) is 8.69. The van der Waals surface area contributed by atoms with E-state index < -0.39 is 0 Å². The molecular formula is C18H18N6OS. The average Bonchev–Trinajstić information content (AvgIpc) is 3.38. The summed E-state index contributed by atoms with van der Waals surface area (Å²) in [6.07, 6.45) is 2.83. The lowest BCUT2D eigenvalue weighted by molar-refractivity contribution is 0.198. The predicted molar refractivity (Wildman–Crippen MR) is 101 cm³/mol. The molecule has 1 aromatic carbocycles. The Bertz CT molecular complexity index is 1000. The molecule has 0 unspecified atom stereocenters. The molecule has 2 aliphatic rings. The SMILES string of the molecule is Cc1nnc(-c2ccc3cnc(NC(=O)N4C[C@@H]5C[C@H]4CN5)cc3c2)s1. The summed E-state index contributed by atoms with van der Waals surface area (Å²) in [4.78, 5) is 18.9. The van der Waals surface area contributed by atoms with Gasteiger partial charge in [0.25, 0.3) is 0 Å². The molecule has 2 bridgehead atoms. The Morgan fingerprint density at radius 2 is 2.23 bits per heavy atom. The topological polar surface area (TPSA) is 83.0 Å². The van der Waals surface area contributed by atoms with Crippen LogP contribution in [-0.2, 0) is 0 Å². The maximum atomic E-state index is 12.6. The second-order valence-corrected chi connectivity index (χ2v) is 8.02. The van der Waals surface area contributed by atoms with Gasteiger partial charge in [-0.2, -0.15) is 0 Å². The summed E-state index contributed by atoms with van der Waals surface area (Å²) in [7, 11) is 0. The summed E-state index contributed by atoms with van der Waals surface area (Å²) in [5, 5.41) is 18.5. The van der Waals surface area contributed by atoms with Crippen molar-refractivity contribution in [2.45, 2.75) is 25.4 Å². The van der Waals surface area contributed by atoms with Crippen molar-refractivity contribution in [2.24, 2.45) is 0 Å². The number of carbonyl (C=O) groups is 1. The molecule has 7 nitrogen and oxygen atoms in total. The number of fused-ring (bicyclic) bond motifs is 3. The number of urea groups is 1. The molecular weight excluding hydrogens is 348 g/mol. The molecule has 132 valence electrons. The number of aryl methyl sites for hydroxylation is 1. The van der Waals surface area contributed by atoms with Gasteiger partial charge in [-0.25, -0.2) is 9.78 Å². The predicted octanol–water partition coefficient (Wildman–Crippen LogP) is 2.64. The lowest BCUT2D eigenvalue weighted by atomic mass is 10.1. The summed E-state index contributed by atoms with van der Waals surface area (Å²) in [5.74, 6) is 0.573. The van der Waals surface area contributed by atoms with E-state index in [1.165, 1.54) is 0 Å². The molecule has 4 heterocycles. The van der Waals surface area contributed by atoms with Crippen molar-refractivity contribution in [1.82, 2.24) is 25.4 Å². The van der Waals surface area contributed by atoms with Crippen LogP contribution in [-0.4, -0.2) is 51.3 Å². The lowest BCUT2D eigenvalue weighted by Gasteiger charge is -2.27. The van der Waals surface area contributed by atoms with E-state index in [4.69, 9.17) is 0 Å². The maximum absolute atomic E-state index is 12.6. The zero-order valence-electron chi connectivity index (χ0n) is 14.3. The van der Waals surface area contributed by atoms with Gasteiger partial charge in [0.1, 0.15) is 15.8 Å². The maximum Gasteiger partial charge on any atom is 0.323 e. The molecule has 2 saturated heterocycles. The highest BCUT2D eigenvalue weighted by atomic mass is 32.1. The van der Waals surface area contributed by atoms with Crippen molar-refractivity contribution in [3.63, 3.8) is 0 Å². The van der Waals surface area contributed by atoms with Gasteiger partial charge in [-0.15, -0.1) is 10.2 Å². The molecule has 2 amide bonds. The first-order chi connectivity index (χ1) is 12.7. The number of benzene rings is 1. The van der Waals surface area contributed by atoms with Crippen molar-refractivity contribution in [2.75, 3.05) is 18.4 Å². The van der Waals surface area contributed by atoms with Gasteiger partial charge in [-0.3, -0.25) is 5.32 Å². The number of amides is 2. The van der Waals surface area contributed by atoms with Crippen molar-refractivity contribution in [3.05, 3.63) is 35.5 Å². The number of anilines is 1. The molecule has 2 aromatic heterocycles. The lowest BCUT2D eigenvalue weighted by Crippen LogP contribution is -2.48. The van der Waals surface area contributed by atoms with Crippen LogP contribution < -0.4 is 10.6 Å². The van der Waals surface area contributed by atoms with Crippen LogP contribution in [0.2, 0.25) is 0 Å². The third kappa shape index (κ3) is 2.71. The van der Waals surface area contributed by atoms with Crippen LogP contribution in [0.5, 0.6) is 0 Å². The van der Waals surface area contributed by atoms with E-state index in [9.17, 15) is 4.79 Å². The molecule has 0 radical (unpaired) electrons. The van der Waals surface area contributed by atoms with Crippen molar-refractivity contribution in [3.8, 4) is 10.6 Å². The standard InChI is InChI=1S/C18H18N6OS/c1-10-22-23-17(26-10)11-2-3-12-7-20-16(5-13(12)4-11)21-18(25)24-9-14-6-15(24)8-19-14/h2-5,7,14-15,19H,6,8-9H2,1H3,(H,20,21,25)/t14-,15-/m0/s1. The number of carbonyl (C=O) groups excluding carboxylic acids is 1. The molecule has 0 saturated carbocycles. The van der Waals surface area contributed by atoms with Crippen molar-refractivity contribution < 1.29 is 4.79 Å². The van der Waals surface area contributed by atoms with Gasteiger partial charge < -0.3 is 10.2 Å². The molecule has 3 aromatic rings. The fourth-order valence-electron chi connectivity index (χ4n) is 3.75. The number of rotatable bonds is 2. The molecule has 0 spiro atoms. The average molecular weight is 366 g/mol. The van der Waals surface area contributed by atoms with E-state index in [2.05, 4.69) is 31.9 Å². The number of likely N-dealkylation sites (tertiary alicyclic amines) is 1. The third-order valence-corrected chi connectivity index (χ3v) is 5.93. The summed E-state index contributed by atoms with van der Waals surface area (Å²) in [6.45, 7) is 3.60. The molecule has 26 heavy (non-hydrogen) atoms. The zero-order chi connectivity index (χ0) is 17.7. The van der Waals surface area contributed by atoms with Crippen LogP contribution in [0.25, 0.3) is 21.3 Å². The van der Waals surface area contributed by atoms with Crippen LogP contribution >= 0.6 is 11.3 Å². The molecule has 2 aliphatic heterocycles. The Labute approximate surface area is 154 Å². The van der Waals surface area contributed by atoms with E-state index in [1.807, 2.05) is 30.0 Å². The smallest absolute Gasteiger partial charge is 0.319 e. The van der Waals surface area contributed by atoms with Gasteiger partial charge in [0.15, 0.2) is 0 Å². The second kappa shape index (κ2) is 6.00. The van der Waals surface area contributed by atoms with Crippen LogP contribution in [0.4, 0.5) is 10.6 Å². The van der Waals surface area contributed by atoms with Crippen LogP contribution in [0, 0.1) is 6.92 Å². The minimum Gasteiger partial charge on any atom is -0.319 e. The van der Waals surface area contributed by atoms with Crippen molar-refractivity contribution >= 4 is 34.0 Å². The summed E-state index contributed by atoms with van der Waals surface area (Å²) in [5.41, 5.74) is 1.02. The van der Waals surface area contributed by atoms with E-state index in [1.54, 1.807) is 17.5 Å². The number of nitrogens with zero attached hydrogens (tertiary/aromatic N) is 4. The number of nitrogens with one attached hydrogen (secondary N) is 2. The minimum atomic E-state index is -0.0678. The van der Waals surface area contributed by atoms with Gasteiger partial charge >= 0.3 is 6.03 Å². The fourth-order valence-corrected chi connectivity index (χ4v) is 4.43. The number of aromatic nitrogens is 3. The highest BCUT2D eigenvalue weighted by Crippen LogP contribution is 2.28. The van der Waals surface area contributed by atoms with Gasteiger partial charge in [0.05, 0.1) is 0 Å². The van der Waals surface area contributed by atoms with E-state index in [-0.39, 0.29) is 6.03 Å². The van der Waals surface area contributed by atoms with Gasteiger partial charge in [-0.05, 0) is 30.9 Å². The zero-order valence-corrected chi connectivity index (χ0v) is 15.1. The molecule has 2 N–H and O–H groups in total.